The highest BCUT2D eigenvalue weighted by Gasteiger charge is 2.34. The van der Waals surface area contributed by atoms with Gasteiger partial charge in [-0.25, -0.2) is 0 Å². The van der Waals surface area contributed by atoms with Crippen LogP contribution in [0.1, 0.15) is 43.2 Å². The van der Waals surface area contributed by atoms with Crippen molar-refractivity contribution in [1.82, 2.24) is 5.32 Å². The minimum atomic E-state index is -0.969. The number of nitrogens with two attached hydrogens (primary N) is 1. The number of amides is 2. The second kappa shape index (κ2) is 9.43. The van der Waals surface area contributed by atoms with Crippen LogP contribution in [0.15, 0.2) is 59.6 Å². The summed E-state index contributed by atoms with van der Waals surface area (Å²) in [6, 6.07) is 16.8. The van der Waals surface area contributed by atoms with E-state index in [1.54, 1.807) is 11.9 Å². The Labute approximate surface area is 183 Å². The maximum Gasteiger partial charge on any atom is 0.272 e. The predicted octanol–water partition coefficient (Wildman–Crippen LogP) is 3.04. The van der Waals surface area contributed by atoms with Crippen molar-refractivity contribution >= 4 is 23.2 Å². The average Bonchev–Trinajstić information content (AvgIpc) is 2.91. The zero-order valence-electron chi connectivity index (χ0n) is 18.0. The molecular formula is C25H30N4O2. The van der Waals surface area contributed by atoms with Gasteiger partial charge >= 0.3 is 0 Å². The van der Waals surface area contributed by atoms with Crippen molar-refractivity contribution in [3.8, 4) is 0 Å². The quantitative estimate of drug-likeness (QED) is 0.782. The standard InChI is InChI=1S/C25H30N4O2/c1-29-21-15-9-8-14-19(21)22(18-12-6-3-7-13-18)27-23(25(29)31)28-24(30)20(26)16-17-10-4-2-5-11-17/h2,4-5,8-11,14-15,18,20,23H,3,6-7,12-13,16,26H2,1H3,(H,28,30). The van der Waals surface area contributed by atoms with Crippen LogP contribution < -0.4 is 16.0 Å². The molecule has 1 heterocycles. The van der Waals surface area contributed by atoms with Crippen LogP contribution in [0.3, 0.4) is 0 Å². The largest absolute Gasteiger partial charge is 0.325 e. The van der Waals surface area contributed by atoms with Crippen LogP contribution in [0.4, 0.5) is 5.69 Å². The van der Waals surface area contributed by atoms with Gasteiger partial charge in [0.1, 0.15) is 0 Å². The van der Waals surface area contributed by atoms with Gasteiger partial charge in [-0.15, -0.1) is 0 Å². The molecule has 2 aliphatic rings. The highest BCUT2D eigenvalue weighted by Crippen LogP contribution is 2.33. The Hall–Kier alpha value is -2.99. The number of anilines is 1. The molecule has 31 heavy (non-hydrogen) atoms. The molecule has 1 fully saturated rings. The SMILES string of the molecule is CN1C(=O)C(NC(=O)C(N)Cc2ccccc2)N=C(C2CCCCC2)c2ccccc21. The van der Waals surface area contributed by atoms with Gasteiger partial charge < -0.3 is 16.0 Å². The lowest BCUT2D eigenvalue weighted by atomic mass is 9.83. The molecule has 6 nitrogen and oxygen atoms in total. The molecule has 2 amide bonds. The molecule has 1 aliphatic heterocycles. The number of nitrogens with one attached hydrogen (secondary N) is 1. The smallest absolute Gasteiger partial charge is 0.272 e. The molecular weight excluding hydrogens is 388 g/mol. The van der Waals surface area contributed by atoms with Crippen LogP contribution in [-0.2, 0) is 16.0 Å². The van der Waals surface area contributed by atoms with E-state index in [4.69, 9.17) is 10.7 Å². The number of para-hydroxylation sites is 1. The fraction of sp³-hybridized carbons (Fsp3) is 0.400. The van der Waals surface area contributed by atoms with E-state index < -0.39 is 12.2 Å². The van der Waals surface area contributed by atoms with Gasteiger partial charge in [0, 0.05) is 18.5 Å². The van der Waals surface area contributed by atoms with Gasteiger partial charge in [-0.2, -0.15) is 0 Å². The lowest BCUT2D eigenvalue weighted by molar-refractivity contribution is -0.128. The fourth-order valence-electron chi connectivity index (χ4n) is 4.55. The first-order chi connectivity index (χ1) is 15.0. The van der Waals surface area contributed by atoms with Crippen molar-refractivity contribution in [2.75, 3.05) is 11.9 Å². The Balaban J connectivity index is 1.60. The predicted molar refractivity (Wildman–Crippen MR) is 123 cm³/mol. The van der Waals surface area contributed by atoms with Crippen molar-refractivity contribution in [2.45, 2.75) is 50.7 Å². The van der Waals surface area contributed by atoms with Gasteiger partial charge in [0.15, 0.2) is 0 Å². The molecule has 2 aromatic carbocycles. The minimum Gasteiger partial charge on any atom is -0.325 e. The van der Waals surface area contributed by atoms with Crippen LogP contribution in [0.2, 0.25) is 0 Å². The second-order valence-corrected chi connectivity index (χ2v) is 8.47. The summed E-state index contributed by atoms with van der Waals surface area (Å²) < 4.78 is 0. The number of hydrogen-bond donors (Lipinski definition) is 2. The number of carbonyl (C=O) groups excluding carboxylic acids is 2. The molecule has 4 rings (SSSR count). The summed E-state index contributed by atoms with van der Waals surface area (Å²) in [5.41, 5.74) is 9.88. The zero-order valence-corrected chi connectivity index (χ0v) is 18.0. The molecule has 0 spiro atoms. The third-order valence-electron chi connectivity index (χ3n) is 6.28. The highest BCUT2D eigenvalue weighted by molar-refractivity contribution is 6.14. The zero-order chi connectivity index (χ0) is 21.8. The first-order valence-corrected chi connectivity index (χ1v) is 11.1. The topological polar surface area (TPSA) is 87.8 Å². The number of aliphatic imine (C=N–C) groups is 1. The van der Waals surface area contributed by atoms with Crippen molar-refractivity contribution < 1.29 is 9.59 Å². The van der Waals surface area contributed by atoms with E-state index in [0.29, 0.717) is 12.3 Å². The van der Waals surface area contributed by atoms with Crippen LogP contribution in [0.25, 0.3) is 0 Å². The van der Waals surface area contributed by atoms with Crippen LogP contribution in [0.5, 0.6) is 0 Å². The maximum atomic E-state index is 13.2. The van der Waals surface area contributed by atoms with Crippen LogP contribution in [0, 0.1) is 5.92 Å². The Morgan fingerprint density at radius 1 is 1.10 bits per heavy atom. The molecule has 2 unspecified atom stereocenters. The van der Waals surface area contributed by atoms with Gasteiger partial charge in [-0.05, 0) is 30.9 Å². The van der Waals surface area contributed by atoms with Gasteiger partial charge in [0.05, 0.1) is 17.4 Å². The van der Waals surface area contributed by atoms with E-state index in [9.17, 15) is 9.59 Å². The van der Waals surface area contributed by atoms with Crippen molar-refractivity contribution in [1.29, 1.82) is 0 Å². The molecule has 0 saturated heterocycles. The van der Waals surface area contributed by atoms with Crippen molar-refractivity contribution in [2.24, 2.45) is 16.6 Å². The molecule has 162 valence electrons. The lowest BCUT2D eigenvalue weighted by Gasteiger charge is -2.25. The van der Waals surface area contributed by atoms with Crippen LogP contribution >= 0.6 is 0 Å². The Bertz CT molecular complexity index is 966. The molecule has 2 atom stereocenters. The highest BCUT2D eigenvalue weighted by atomic mass is 16.2. The first-order valence-electron chi connectivity index (χ1n) is 11.1. The van der Waals surface area contributed by atoms with Gasteiger partial charge in [-0.1, -0.05) is 67.8 Å². The third kappa shape index (κ3) is 4.69. The van der Waals surface area contributed by atoms with E-state index in [-0.39, 0.29) is 11.8 Å². The van der Waals surface area contributed by atoms with Crippen LogP contribution in [-0.4, -0.2) is 36.8 Å². The molecule has 2 aromatic rings. The number of nitrogens with zero attached hydrogens (tertiary/aromatic N) is 2. The number of fused-ring (bicyclic) bond motifs is 1. The minimum absolute atomic E-state index is 0.251. The molecule has 1 aliphatic carbocycles. The lowest BCUT2D eigenvalue weighted by Crippen LogP contribution is -2.51. The van der Waals surface area contributed by atoms with Gasteiger partial charge in [0.25, 0.3) is 5.91 Å². The fourth-order valence-corrected chi connectivity index (χ4v) is 4.55. The number of benzodiazepines with no additional fused rings is 1. The summed E-state index contributed by atoms with van der Waals surface area (Å²) in [5, 5.41) is 2.82. The number of carbonyl (C=O) groups is 2. The average molecular weight is 419 g/mol. The van der Waals surface area contributed by atoms with Crippen molar-refractivity contribution in [3.05, 3.63) is 65.7 Å². The first kappa shape index (κ1) is 21.2. The second-order valence-electron chi connectivity index (χ2n) is 8.47. The number of hydrogen-bond acceptors (Lipinski definition) is 4. The molecule has 6 heteroatoms. The van der Waals surface area contributed by atoms with E-state index in [0.717, 1.165) is 48.2 Å². The maximum absolute atomic E-state index is 13.2. The Morgan fingerprint density at radius 2 is 1.77 bits per heavy atom. The van der Waals surface area contributed by atoms with Gasteiger partial charge in [-0.3, -0.25) is 14.6 Å². The summed E-state index contributed by atoms with van der Waals surface area (Å²) in [5.74, 6) is -0.321. The van der Waals surface area contributed by atoms with E-state index >= 15 is 0 Å². The molecule has 0 bridgehead atoms. The van der Waals surface area contributed by atoms with E-state index in [1.165, 1.54) is 6.42 Å². The summed E-state index contributed by atoms with van der Waals surface area (Å²) in [4.78, 5) is 32.5. The summed E-state index contributed by atoms with van der Waals surface area (Å²) in [6.07, 6.45) is 5.10. The number of benzene rings is 2. The Morgan fingerprint density at radius 3 is 2.52 bits per heavy atom. The summed E-state index contributed by atoms with van der Waals surface area (Å²) in [6.45, 7) is 0. The molecule has 0 aromatic heterocycles. The molecule has 3 N–H and O–H groups in total. The number of likely N-dealkylation sites (N-methyl/N-ethyl adjacent to an activating group) is 1. The van der Waals surface area contributed by atoms with Gasteiger partial charge in [0.2, 0.25) is 12.1 Å². The third-order valence-corrected chi connectivity index (χ3v) is 6.28. The normalized spacial score (nSPS) is 20.5. The summed E-state index contributed by atoms with van der Waals surface area (Å²) in [7, 11) is 1.74. The van der Waals surface area contributed by atoms with Crippen molar-refractivity contribution in [3.63, 3.8) is 0 Å². The number of rotatable bonds is 5. The Kier molecular flexibility index (Phi) is 6.47. The van der Waals surface area contributed by atoms with E-state index in [2.05, 4.69) is 5.32 Å². The summed E-state index contributed by atoms with van der Waals surface area (Å²) >= 11 is 0. The molecule has 0 radical (unpaired) electrons. The monoisotopic (exact) mass is 418 g/mol. The van der Waals surface area contributed by atoms with E-state index in [1.807, 2.05) is 54.6 Å². The molecule has 1 saturated carbocycles.